The van der Waals surface area contributed by atoms with Crippen LogP contribution in [0.5, 0.6) is 0 Å². The topological polar surface area (TPSA) is 24.1 Å². The number of nitrogens with one attached hydrogen (secondary N) is 2. The van der Waals surface area contributed by atoms with E-state index >= 15 is 0 Å². The predicted molar refractivity (Wildman–Crippen MR) is 65.1 cm³/mol. The van der Waals surface area contributed by atoms with Crippen molar-refractivity contribution >= 4 is 0 Å². The fourth-order valence-electron chi connectivity index (χ4n) is 3.06. The molecule has 0 bridgehead atoms. The molecule has 0 radical (unpaired) electrons. The van der Waals surface area contributed by atoms with Crippen LogP contribution in [0.3, 0.4) is 0 Å². The molecule has 0 aromatic rings. The number of hydrogen-bond acceptors (Lipinski definition) is 2. The summed E-state index contributed by atoms with van der Waals surface area (Å²) in [7, 11) is 0. The lowest BCUT2D eigenvalue weighted by molar-refractivity contribution is 0.252. The summed E-state index contributed by atoms with van der Waals surface area (Å²) in [5, 5.41) is 7.29. The van der Waals surface area contributed by atoms with Crippen LogP contribution in [0, 0.1) is 5.92 Å². The molecule has 2 fully saturated rings. The average molecular weight is 210 g/mol. The Hall–Kier alpha value is -0.0800. The quantitative estimate of drug-likeness (QED) is 0.747. The Morgan fingerprint density at radius 1 is 0.933 bits per heavy atom. The van der Waals surface area contributed by atoms with E-state index in [0.29, 0.717) is 0 Å². The third kappa shape index (κ3) is 3.46. The van der Waals surface area contributed by atoms with Crippen molar-refractivity contribution in [3.05, 3.63) is 0 Å². The van der Waals surface area contributed by atoms with Crippen LogP contribution < -0.4 is 10.6 Å². The van der Waals surface area contributed by atoms with Crippen molar-refractivity contribution in [3.8, 4) is 0 Å². The van der Waals surface area contributed by atoms with Crippen LogP contribution in [0.1, 0.15) is 51.9 Å². The first kappa shape index (κ1) is 11.4. The molecule has 0 amide bonds. The Morgan fingerprint density at radius 2 is 1.53 bits per heavy atom. The van der Waals surface area contributed by atoms with E-state index in [9.17, 15) is 0 Å². The molecule has 88 valence electrons. The van der Waals surface area contributed by atoms with Gasteiger partial charge in [0.25, 0.3) is 0 Å². The first-order chi connectivity index (χ1) is 7.38. The molecule has 2 nitrogen and oxygen atoms in total. The second-order valence-electron chi connectivity index (χ2n) is 5.32. The Bertz CT molecular complexity index is 167. The number of piperidine rings is 1. The van der Waals surface area contributed by atoms with E-state index in [4.69, 9.17) is 0 Å². The summed E-state index contributed by atoms with van der Waals surface area (Å²) in [6.07, 6.45) is 9.80. The van der Waals surface area contributed by atoms with Gasteiger partial charge in [-0.1, -0.05) is 13.3 Å². The molecule has 2 rings (SSSR count). The van der Waals surface area contributed by atoms with Gasteiger partial charge < -0.3 is 10.6 Å². The third-order valence-electron chi connectivity index (χ3n) is 4.23. The van der Waals surface area contributed by atoms with Crippen molar-refractivity contribution in [1.82, 2.24) is 10.6 Å². The number of rotatable bonds is 3. The summed E-state index contributed by atoms with van der Waals surface area (Å²) < 4.78 is 0. The van der Waals surface area contributed by atoms with Crippen molar-refractivity contribution in [2.24, 2.45) is 5.92 Å². The smallest absolute Gasteiger partial charge is 0.00938 e. The summed E-state index contributed by atoms with van der Waals surface area (Å²) in [5.41, 5.74) is 0. The highest BCUT2D eigenvalue weighted by Gasteiger charge is 2.22. The zero-order chi connectivity index (χ0) is 10.5. The Kier molecular flexibility index (Phi) is 4.45. The average Bonchev–Trinajstić information content (AvgIpc) is 2.31. The van der Waals surface area contributed by atoms with Crippen molar-refractivity contribution in [2.75, 3.05) is 13.1 Å². The van der Waals surface area contributed by atoms with Gasteiger partial charge in [-0.25, -0.2) is 0 Å². The molecule has 1 aliphatic heterocycles. The van der Waals surface area contributed by atoms with E-state index in [0.717, 1.165) is 18.0 Å². The lowest BCUT2D eigenvalue weighted by Gasteiger charge is -2.33. The van der Waals surface area contributed by atoms with Crippen LogP contribution in [0.25, 0.3) is 0 Å². The van der Waals surface area contributed by atoms with Crippen molar-refractivity contribution < 1.29 is 0 Å². The molecule has 15 heavy (non-hydrogen) atoms. The molecule has 2 aliphatic rings. The molecular formula is C13H26N2. The van der Waals surface area contributed by atoms with Crippen LogP contribution in [0.4, 0.5) is 0 Å². The highest BCUT2D eigenvalue weighted by Crippen LogP contribution is 2.27. The van der Waals surface area contributed by atoms with Crippen molar-refractivity contribution in [3.63, 3.8) is 0 Å². The van der Waals surface area contributed by atoms with Gasteiger partial charge in [0.05, 0.1) is 0 Å². The standard InChI is InChI=1S/C13H26N2/c1-2-11-3-5-12(6-4-11)15-13-7-9-14-10-8-13/h11-15H,2-10H2,1H3. The van der Waals surface area contributed by atoms with Gasteiger partial charge in [0.15, 0.2) is 0 Å². The van der Waals surface area contributed by atoms with E-state index in [1.54, 1.807) is 0 Å². The second kappa shape index (κ2) is 5.86. The molecule has 1 heterocycles. The van der Waals surface area contributed by atoms with Crippen molar-refractivity contribution in [2.45, 2.75) is 64.0 Å². The SMILES string of the molecule is CCC1CCC(NC2CCNCC2)CC1. The second-order valence-corrected chi connectivity index (χ2v) is 5.32. The molecule has 0 unspecified atom stereocenters. The minimum absolute atomic E-state index is 0.800. The van der Waals surface area contributed by atoms with Gasteiger partial charge >= 0.3 is 0 Å². The molecule has 0 aromatic carbocycles. The maximum absolute atomic E-state index is 3.86. The van der Waals surface area contributed by atoms with Gasteiger partial charge in [-0.2, -0.15) is 0 Å². The minimum atomic E-state index is 0.800. The molecule has 0 aromatic heterocycles. The van der Waals surface area contributed by atoms with Gasteiger partial charge in [0.2, 0.25) is 0 Å². The zero-order valence-corrected chi connectivity index (χ0v) is 10.1. The number of hydrogen-bond donors (Lipinski definition) is 2. The molecule has 1 saturated heterocycles. The van der Waals surface area contributed by atoms with Gasteiger partial charge in [0.1, 0.15) is 0 Å². The van der Waals surface area contributed by atoms with Crippen molar-refractivity contribution in [1.29, 1.82) is 0 Å². The maximum atomic E-state index is 3.86. The fourth-order valence-corrected chi connectivity index (χ4v) is 3.06. The summed E-state index contributed by atoms with van der Waals surface area (Å²) in [6.45, 7) is 4.76. The molecule has 1 saturated carbocycles. The summed E-state index contributed by atoms with van der Waals surface area (Å²) in [5.74, 6) is 1.02. The summed E-state index contributed by atoms with van der Waals surface area (Å²) >= 11 is 0. The lowest BCUT2D eigenvalue weighted by atomic mass is 9.84. The Balaban J connectivity index is 1.67. The monoisotopic (exact) mass is 210 g/mol. The molecule has 1 aliphatic carbocycles. The van der Waals surface area contributed by atoms with Gasteiger partial charge in [-0.3, -0.25) is 0 Å². The lowest BCUT2D eigenvalue weighted by Crippen LogP contribution is -2.45. The van der Waals surface area contributed by atoms with E-state index < -0.39 is 0 Å². The first-order valence-corrected chi connectivity index (χ1v) is 6.85. The Morgan fingerprint density at radius 3 is 2.13 bits per heavy atom. The van der Waals surface area contributed by atoms with Crippen LogP contribution in [-0.4, -0.2) is 25.2 Å². The van der Waals surface area contributed by atoms with Gasteiger partial charge in [-0.05, 0) is 57.5 Å². The van der Waals surface area contributed by atoms with Crippen LogP contribution in [0.2, 0.25) is 0 Å². The van der Waals surface area contributed by atoms with Crippen LogP contribution in [-0.2, 0) is 0 Å². The normalized spacial score (nSPS) is 34.2. The van der Waals surface area contributed by atoms with Gasteiger partial charge in [-0.15, -0.1) is 0 Å². The highest BCUT2D eigenvalue weighted by atomic mass is 15.0. The molecule has 2 N–H and O–H groups in total. The molecule has 0 atom stereocenters. The summed E-state index contributed by atoms with van der Waals surface area (Å²) in [4.78, 5) is 0. The van der Waals surface area contributed by atoms with E-state index in [1.807, 2.05) is 0 Å². The summed E-state index contributed by atoms with van der Waals surface area (Å²) in [6, 6.07) is 1.63. The zero-order valence-electron chi connectivity index (χ0n) is 10.1. The van der Waals surface area contributed by atoms with Crippen LogP contribution >= 0.6 is 0 Å². The predicted octanol–water partition coefficient (Wildman–Crippen LogP) is 2.30. The van der Waals surface area contributed by atoms with Crippen LogP contribution in [0.15, 0.2) is 0 Å². The maximum Gasteiger partial charge on any atom is 0.00938 e. The largest absolute Gasteiger partial charge is 0.317 e. The fraction of sp³-hybridized carbons (Fsp3) is 1.00. The Labute approximate surface area is 94.2 Å². The van der Waals surface area contributed by atoms with Gasteiger partial charge in [0, 0.05) is 12.1 Å². The third-order valence-corrected chi connectivity index (χ3v) is 4.23. The van der Waals surface area contributed by atoms with E-state index in [1.165, 1.54) is 58.0 Å². The molecule has 2 heteroatoms. The molecule has 0 spiro atoms. The van der Waals surface area contributed by atoms with E-state index in [2.05, 4.69) is 17.6 Å². The molecular weight excluding hydrogens is 184 g/mol. The first-order valence-electron chi connectivity index (χ1n) is 6.85. The minimum Gasteiger partial charge on any atom is -0.317 e. The highest BCUT2D eigenvalue weighted by molar-refractivity contribution is 4.82. The van der Waals surface area contributed by atoms with E-state index in [-0.39, 0.29) is 0 Å².